The van der Waals surface area contributed by atoms with Crippen molar-refractivity contribution in [3.63, 3.8) is 0 Å². The topological polar surface area (TPSA) is 52.8 Å². The van der Waals surface area contributed by atoms with E-state index in [4.69, 9.17) is 10.3 Å². The lowest BCUT2D eigenvalue weighted by molar-refractivity contribution is 0.322. The van der Waals surface area contributed by atoms with E-state index < -0.39 is 0 Å². The Bertz CT molecular complexity index is 197. The van der Waals surface area contributed by atoms with Crippen LogP contribution in [0.4, 0.5) is 0 Å². The fourth-order valence-corrected chi connectivity index (χ4v) is 0.606. The molecule has 0 aliphatic carbocycles. The summed E-state index contributed by atoms with van der Waals surface area (Å²) in [5.41, 5.74) is 0.903. The van der Waals surface area contributed by atoms with Crippen molar-refractivity contribution >= 4 is 6.21 Å². The highest BCUT2D eigenvalue weighted by molar-refractivity contribution is 5.78. The summed E-state index contributed by atoms with van der Waals surface area (Å²) in [6, 6.07) is 9.40. The van der Waals surface area contributed by atoms with Gasteiger partial charge in [-0.3, -0.25) is 0 Å². The average Bonchev–Trinajstić information content (AvgIpc) is 2.11. The number of oxime groups is 1. The highest BCUT2D eigenvalue weighted by atomic mass is 16.4. The third kappa shape index (κ3) is 4.11. The molecular weight excluding hydrogens is 142 g/mol. The van der Waals surface area contributed by atoms with Crippen LogP contribution >= 0.6 is 0 Å². The van der Waals surface area contributed by atoms with Crippen LogP contribution in [0, 0.1) is 0 Å². The molecule has 2 N–H and O–H groups in total. The first-order valence-electron chi connectivity index (χ1n) is 3.10. The number of rotatable bonds is 1. The normalized spacial score (nSPS) is 8.91. The summed E-state index contributed by atoms with van der Waals surface area (Å²) >= 11 is 0. The predicted octanol–water partition coefficient (Wildman–Crippen LogP) is 1.10. The molecule has 0 saturated heterocycles. The number of aliphatic hydroxyl groups is 1. The molecule has 0 fully saturated rings. The van der Waals surface area contributed by atoms with Crippen LogP contribution in [0.25, 0.3) is 0 Å². The molecule has 0 aliphatic rings. The summed E-state index contributed by atoms with van der Waals surface area (Å²) < 4.78 is 0. The van der Waals surface area contributed by atoms with Crippen molar-refractivity contribution in [2.75, 3.05) is 7.11 Å². The molecule has 60 valence electrons. The molecule has 1 aromatic rings. The third-order valence-electron chi connectivity index (χ3n) is 1.01. The Hall–Kier alpha value is -1.35. The molecule has 1 aromatic carbocycles. The summed E-state index contributed by atoms with van der Waals surface area (Å²) in [6.45, 7) is 0. The lowest BCUT2D eigenvalue weighted by Crippen LogP contribution is -1.76. The second-order valence-electron chi connectivity index (χ2n) is 1.66. The second kappa shape index (κ2) is 6.77. The minimum absolute atomic E-state index is 0.903. The molecule has 0 bridgehead atoms. The van der Waals surface area contributed by atoms with Crippen molar-refractivity contribution in [2.45, 2.75) is 0 Å². The lowest BCUT2D eigenvalue weighted by Gasteiger charge is -1.85. The molecule has 0 saturated carbocycles. The molecule has 0 heterocycles. The molecule has 0 aromatic heterocycles. The molecule has 3 nitrogen and oxygen atoms in total. The average molecular weight is 153 g/mol. The van der Waals surface area contributed by atoms with Crippen LogP contribution in [-0.2, 0) is 0 Å². The van der Waals surface area contributed by atoms with Crippen molar-refractivity contribution in [1.82, 2.24) is 0 Å². The van der Waals surface area contributed by atoms with Crippen molar-refractivity contribution < 1.29 is 10.3 Å². The van der Waals surface area contributed by atoms with Gasteiger partial charge in [0.1, 0.15) is 0 Å². The summed E-state index contributed by atoms with van der Waals surface area (Å²) in [5.74, 6) is 0. The van der Waals surface area contributed by atoms with Crippen LogP contribution in [0.2, 0.25) is 0 Å². The van der Waals surface area contributed by atoms with E-state index in [1.807, 2.05) is 30.3 Å². The Morgan fingerprint density at radius 2 is 1.73 bits per heavy atom. The van der Waals surface area contributed by atoms with Gasteiger partial charge in [0.05, 0.1) is 6.21 Å². The SMILES string of the molecule is CO.ON=Cc1ccccc1. The molecule has 3 heteroatoms. The van der Waals surface area contributed by atoms with Crippen LogP contribution in [0.3, 0.4) is 0 Å². The number of nitrogens with zero attached hydrogens (tertiary/aromatic N) is 1. The summed E-state index contributed by atoms with van der Waals surface area (Å²) in [6.07, 6.45) is 1.39. The van der Waals surface area contributed by atoms with Crippen LogP contribution < -0.4 is 0 Å². The summed E-state index contributed by atoms with van der Waals surface area (Å²) in [7, 11) is 1.00. The highest BCUT2D eigenvalue weighted by Crippen LogP contribution is 1.92. The standard InChI is InChI=1S/C7H7NO.CH4O/c9-8-6-7-4-2-1-3-5-7;1-2/h1-6,9H;2H,1H3. The van der Waals surface area contributed by atoms with E-state index in [-0.39, 0.29) is 0 Å². The van der Waals surface area contributed by atoms with Gasteiger partial charge in [0, 0.05) is 7.11 Å². The minimum Gasteiger partial charge on any atom is -0.411 e. The zero-order chi connectivity index (χ0) is 8.53. The van der Waals surface area contributed by atoms with Gasteiger partial charge in [-0.25, -0.2) is 0 Å². The minimum atomic E-state index is 0.903. The maximum Gasteiger partial charge on any atom is 0.0733 e. The second-order valence-corrected chi connectivity index (χ2v) is 1.66. The van der Waals surface area contributed by atoms with Crippen LogP contribution in [-0.4, -0.2) is 23.6 Å². The number of aliphatic hydroxyl groups excluding tert-OH is 1. The fraction of sp³-hybridized carbons (Fsp3) is 0.125. The van der Waals surface area contributed by atoms with Crippen molar-refractivity contribution in [3.8, 4) is 0 Å². The van der Waals surface area contributed by atoms with E-state index in [0.29, 0.717) is 0 Å². The number of hydrogen-bond donors (Lipinski definition) is 2. The maximum absolute atomic E-state index is 8.09. The molecular formula is C8H11NO2. The molecule has 0 radical (unpaired) electrons. The monoisotopic (exact) mass is 153 g/mol. The van der Waals surface area contributed by atoms with Gasteiger partial charge < -0.3 is 10.3 Å². The van der Waals surface area contributed by atoms with Crippen LogP contribution in [0.1, 0.15) is 5.56 Å². The largest absolute Gasteiger partial charge is 0.411 e. The van der Waals surface area contributed by atoms with Crippen molar-refractivity contribution in [1.29, 1.82) is 0 Å². The summed E-state index contributed by atoms with van der Waals surface area (Å²) in [4.78, 5) is 0. The fourth-order valence-electron chi connectivity index (χ4n) is 0.606. The van der Waals surface area contributed by atoms with Gasteiger partial charge in [0.2, 0.25) is 0 Å². The van der Waals surface area contributed by atoms with Crippen LogP contribution in [0.15, 0.2) is 35.5 Å². The van der Waals surface area contributed by atoms with E-state index in [1.165, 1.54) is 6.21 Å². The first-order chi connectivity index (χ1) is 5.43. The first kappa shape index (κ1) is 9.65. The quantitative estimate of drug-likeness (QED) is 0.360. The van der Waals surface area contributed by atoms with Crippen LogP contribution in [0.5, 0.6) is 0 Å². The number of benzene rings is 1. The Kier molecular flexibility index (Phi) is 5.94. The van der Waals surface area contributed by atoms with E-state index in [0.717, 1.165) is 12.7 Å². The van der Waals surface area contributed by atoms with Gasteiger partial charge in [-0.05, 0) is 5.56 Å². The molecule has 11 heavy (non-hydrogen) atoms. The van der Waals surface area contributed by atoms with E-state index in [1.54, 1.807) is 0 Å². The van der Waals surface area contributed by atoms with E-state index in [9.17, 15) is 0 Å². The van der Waals surface area contributed by atoms with Gasteiger partial charge in [0.15, 0.2) is 0 Å². The molecule has 0 amide bonds. The third-order valence-corrected chi connectivity index (χ3v) is 1.01. The van der Waals surface area contributed by atoms with Crippen molar-refractivity contribution in [3.05, 3.63) is 35.9 Å². The Morgan fingerprint density at radius 3 is 2.18 bits per heavy atom. The number of hydrogen-bond acceptors (Lipinski definition) is 3. The predicted molar refractivity (Wildman–Crippen MR) is 44.0 cm³/mol. The Balaban J connectivity index is 0.000000461. The van der Waals surface area contributed by atoms with Gasteiger partial charge in [-0.1, -0.05) is 35.5 Å². The van der Waals surface area contributed by atoms with Crippen molar-refractivity contribution in [2.24, 2.45) is 5.16 Å². The highest BCUT2D eigenvalue weighted by Gasteiger charge is 1.79. The van der Waals surface area contributed by atoms with E-state index >= 15 is 0 Å². The van der Waals surface area contributed by atoms with Gasteiger partial charge >= 0.3 is 0 Å². The Morgan fingerprint density at radius 1 is 1.18 bits per heavy atom. The molecule has 0 aliphatic heterocycles. The van der Waals surface area contributed by atoms with Gasteiger partial charge in [-0.15, -0.1) is 0 Å². The Labute approximate surface area is 65.6 Å². The molecule has 0 spiro atoms. The molecule has 1 rings (SSSR count). The molecule has 0 unspecified atom stereocenters. The molecule has 0 atom stereocenters. The van der Waals surface area contributed by atoms with Gasteiger partial charge in [-0.2, -0.15) is 0 Å². The zero-order valence-corrected chi connectivity index (χ0v) is 6.31. The lowest BCUT2D eigenvalue weighted by atomic mass is 10.2. The summed E-state index contributed by atoms with van der Waals surface area (Å²) in [5, 5.41) is 18.0. The zero-order valence-electron chi connectivity index (χ0n) is 6.31. The first-order valence-corrected chi connectivity index (χ1v) is 3.10. The van der Waals surface area contributed by atoms with E-state index in [2.05, 4.69) is 5.16 Å². The maximum atomic E-state index is 8.09. The van der Waals surface area contributed by atoms with Gasteiger partial charge in [0.25, 0.3) is 0 Å². The smallest absolute Gasteiger partial charge is 0.0733 e.